The summed E-state index contributed by atoms with van der Waals surface area (Å²) in [6.07, 6.45) is 0.839. The molecule has 1 nitrogen and oxygen atoms in total. The second-order valence-electron chi connectivity index (χ2n) is 3.47. The van der Waals surface area contributed by atoms with Crippen LogP contribution in [0, 0.1) is 11.6 Å². The molecule has 2 rings (SSSR count). The van der Waals surface area contributed by atoms with Crippen molar-refractivity contribution in [1.29, 1.82) is 0 Å². The fourth-order valence-corrected chi connectivity index (χ4v) is 2.43. The minimum Gasteiger partial charge on any atom is -0.390 e. The second-order valence-corrected chi connectivity index (χ2v) is 4.64. The van der Waals surface area contributed by atoms with Crippen LogP contribution in [0.25, 0.3) is 11.1 Å². The zero-order valence-corrected chi connectivity index (χ0v) is 9.57. The largest absolute Gasteiger partial charge is 0.390 e. The number of nitrogens with two attached hydrogens (primary N) is 1. The van der Waals surface area contributed by atoms with Crippen molar-refractivity contribution < 1.29 is 8.78 Å². The number of nitrogen functional groups attached to an aromatic ring is 1. The van der Waals surface area contributed by atoms with Crippen LogP contribution < -0.4 is 5.73 Å². The molecular formula is C12H11F2NS. The number of aryl methyl sites for hydroxylation is 1. The van der Waals surface area contributed by atoms with E-state index in [1.807, 2.05) is 13.0 Å². The van der Waals surface area contributed by atoms with Gasteiger partial charge in [-0.25, -0.2) is 8.78 Å². The summed E-state index contributed by atoms with van der Waals surface area (Å²) < 4.78 is 26.6. The van der Waals surface area contributed by atoms with Gasteiger partial charge in [-0.3, -0.25) is 0 Å². The molecule has 0 aliphatic carbocycles. The Labute approximate surface area is 96.5 Å². The van der Waals surface area contributed by atoms with Crippen molar-refractivity contribution in [1.82, 2.24) is 0 Å². The van der Waals surface area contributed by atoms with Crippen molar-refractivity contribution in [2.75, 3.05) is 5.73 Å². The van der Waals surface area contributed by atoms with Crippen LogP contribution in [0.1, 0.15) is 11.8 Å². The summed E-state index contributed by atoms with van der Waals surface area (Å²) in [5.74, 6) is -0.909. The summed E-state index contributed by atoms with van der Waals surface area (Å²) in [6.45, 7) is 2.00. The van der Waals surface area contributed by atoms with E-state index in [1.165, 1.54) is 17.4 Å². The lowest BCUT2D eigenvalue weighted by atomic mass is 10.1. The number of thiophene rings is 1. The average molecular weight is 239 g/mol. The Morgan fingerprint density at radius 3 is 2.56 bits per heavy atom. The highest BCUT2D eigenvalue weighted by molar-refractivity contribution is 7.16. The lowest BCUT2D eigenvalue weighted by Crippen LogP contribution is -1.88. The SMILES string of the molecule is CCc1cc(-c2cc(F)ccc2F)c(N)s1. The van der Waals surface area contributed by atoms with E-state index in [4.69, 9.17) is 5.73 Å². The van der Waals surface area contributed by atoms with Gasteiger partial charge in [-0.1, -0.05) is 6.92 Å². The van der Waals surface area contributed by atoms with E-state index in [9.17, 15) is 8.78 Å². The second kappa shape index (κ2) is 4.22. The van der Waals surface area contributed by atoms with Crippen LogP contribution in [0.2, 0.25) is 0 Å². The topological polar surface area (TPSA) is 26.0 Å². The lowest BCUT2D eigenvalue weighted by Gasteiger charge is -2.01. The van der Waals surface area contributed by atoms with Gasteiger partial charge in [0, 0.05) is 16.0 Å². The molecule has 2 N–H and O–H groups in total. The number of anilines is 1. The molecule has 0 amide bonds. The molecule has 0 radical (unpaired) electrons. The number of hydrogen-bond acceptors (Lipinski definition) is 2. The molecule has 0 fully saturated rings. The summed E-state index contributed by atoms with van der Waals surface area (Å²) in [5.41, 5.74) is 6.61. The van der Waals surface area contributed by atoms with Crippen molar-refractivity contribution in [3.63, 3.8) is 0 Å². The highest BCUT2D eigenvalue weighted by Gasteiger charge is 2.12. The molecule has 0 bridgehead atoms. The summed E-state index contributed by atoms with van der Waals surface area (Å²) in [4.78, 5) is 1.07. The molecular weight excluding hydrogens is 228 g/mol. The van der Waals surface area contributed by atoms with E-state index in [0.717, 1.165) is 23.4 Å². The maximum absolute atomic E-state index is 13.5. The van der Waals surface area contributed by atoms with Crippen molar-refractivity contribution in [3.05, 3.63) is 40.8 Å². The van der Waals surface area contributed by atoms with Crippen LogP contribution in [0.3, 0.4) is 0 Å². The Hall–Kier alpha value is -1.42. The maximum atomic E-state index is 13.5. The molecule has 1 heterocycles. The highest BCUT2D eigenvalue weighted by atomic mass is 32.1. The average Bonchev–Trinajstić information content (AvgIpc) is 2.63. The minimum absolute atomic E-state index is 0.230. The van der Waals surface area contributed by atoms with Crippen LogP contribution in [-0.2, 0) is 6.42 Å². The van der Waals surface area contributed by atoms with Crippen LogP contribution in [0.5, 0.6) is 0 Å². The van der Waals surface area contributed by atoms with E-state index in [0.29, 0.717) is 10.6 Å². The fraction of sp³-hybridized carbons (Fsp3) is 0.167. The van der Waals surface area contributed by atoms with Gasteiger partial charge < -0.3 is 5.73 Å². The smallest absolute Gasteiger partial charge is 0.131 e. The molecule has 84 valence electrons. The van der Waals surface area contributed by atoms with Gasteiger partial charge in [0.25, 0.3) is 0 Å². The Kier molecular flexibility index (Phi) is 2.92. The van der Waals surface area contributed by atoms with E-state index in [2.05, 4.69) is 0 Å². The van der Waals surface area contributed by atoms with Crippen molar-refractivity contribution in [2.24, 2.45) is 0 Å². The fourth-order valence-electron chi connectivity index (χ4n) is 1.55. The summed E-state index contributed by atoms with van der Waals surface area (Å²) >= 11 is 1.41. The van der Waals surface area contributed by atoms with Crippen LogP contribution in [-0.4, -0.2) is 0 Å². The predicted molar refractivity (Wildman–Crippen MR) is 63.5 cm³/mol. The molecule has 0 aliphatic heterocycles. The van der Waals surface area contributed by atoms with Crippen molar-refractivity contribution >= 4 is 16.3 Å². The molecule has 0 saturated heterocycles. The third-order valence-corrected chi connectivity index (χ3v) is 3.49. The molecule has 4 heteroatoms. The van der Waals surface area contributed by atoms with Crippen LogP contribution in [0.15, 0.2) is 24.3 Å². The summed E-state index contributed by atoms with van der Waals surface area (Å²) in [7, 11) is 0. The maximum Gasteiger partial charge on any atom is 0.131 e. The predicted octanol–water partition coefficient (Wildman–Crippen LogP) is 3.84. The zero-order chi connectivity index (χ0) is 11.7. The molecule has 16 heavy (non-hydrogen) atoms. The molecule has 1 aromatic carbocycles. The van der Waals surface area contributed by atoms with E-state index < -0.39 is 11.6 Å². The van der Waals surface area contributed by atoms with Gasteiger partial charge in [0.1, 0.15) is 11.6 Å². The minimum atomic E-state index is -0.458. The first-order valence-corrected chi connectivity index (χ1v) is 5.77. The van der Waals surface area contributed by atoms with Crippen molar-refractivity contribution in [3.8, 4) is 11.1 Å². The monoisotopic (exact) mass is 239 g/mol. The molecule has 0 unspecified atom stereocenters. The molecule has 0 aliphatic rings. The quantitative estimate of drug-likeness (QED) is 0.846. The van der Waals surface area contributed by atoms with Gasteiger partial charge in [0.15, 0.2) is 0 Å². The number of benzene rings is 1. The Morgan fingerprint density at radius 1 is 1.19 bits per heavy atom. The Balaban J connectivity index is 2.57. The Morgan fingerprint density at radius 2 is 1.94 bits per heavy atom. The number of halogens is 2. The molecule has 1 aromatic heterocycles. The summed E-state index contributed by atoms with van der Waals surface area (Å²) in [5, 5.41) is 0.529. The van der Waals surface area contributed by atoms with E-state index >= 15 is 0 Å². The molecule has 0 spiro atoms. The normalized spacial score (nSPS) is 10.7. The van der Waals surface area contributed by atoms with Gasteiger partial charge in [-0.2, -0.15) is 0 Å². The third-order valence-electron chi connectivity index (χ3n) is 2.38. The van der Waals surface area contributed by atoms with Crippen molar-refractivity contribution in [2.45, 2.75) is 13.3 Å². The van der Waals surface area contributed by atoms with Gasteiger partial charge in [-0.05, 0) is 30.7 Å². The number of rotatable bonds is 2. The standard InChI is InChI=1S/C12H11F2NS/c1-2-8-6-10(12(15)16-8)9-5-7(13)3-4-11(9)14/h3-6H,2,15H2,1H3. The first-order valence-electron chi connectivity index (χ1n) is 4.95. The lowest BCUT2D eigenvalue weighted by molar-refractivity contribution is 0.603. The highest BCUT2D eigenvalue weighted by Crippen LogP contribution is 2.35. The van der Waals surface area contributed by atoms with Crippen LogP contribution in [0.4, 0.5) is 13.8 Å². The Bertz CT molecular complexity index is 520. The number of hydrogen-bond donors (Lipinski definition) is 1. The molecule has 2 aromatic rings. The third kappa shape index (κ3) is 1.93. The molecule has 0 saturated carbocycles. The summed E-state index contributed by atoms with van der Waals surface area (Å²) in [6, 6.07) is 5.21. The van der Waals surface area contributed by atoms with Gasteiger partial charge in [0.05, 0.1) is 5.00 Å². The first kappa shape index (κ1) is 11.1. The van der Waals surface area contributed by atoms with Gasteiger partial charge in [-0.15, -0.1) is 11.3 Å². The van der Waals surface area contributed by atoms with E-state index in [-0.39, 0.29) is 5.56 Å². The van der Waals surface area contributed by atoms with E-state index in [1.54, 1.807) is 0 Å². The van der Waals surface area contributed by atoms with Gasteiger partial charge in [0.2, 0.25) is 0 Å². The zero-order valence-electron chi connectivity index (χ0n) is 8.76. The van der Waals surface area contributed by atoms with Gasteiger partial charge >= 0.3 is 0 Å². The van der Waals surface area contributed by atoms with Crippen LogP contribution >= 0.6 is 11.3 Å². The molecule has 0 atom stereocenters. The first-order chi connectivity index (χ1) is 7.61.